The van der Waals surface area contributed by atoms with Crippen molar-refractivity contribution in [3.05, 3.63) is 0 Å². The molecule has 0 aromatic heterocycles. The van der Waals surface area contributed by atoms with Crippen molar-refractivity contribution in [3.63, 3.8) is 0 Å². The summed E-state index contributed by atoms with van der Waals surface area (Å²) in [6.07, 6.45) is 0. The summed E-state index contributed by atoms with van der Waals surface area (Å²) in [7, 11) is 0. The van der Waals surface area contributed by atoms with E-state index in [9.17, 15) is 4.79 Å². The largest absolute Gasteiger partial charge is 0.303 e. The van der Waals surface area contributed by atoms with Gasteiger partial charge in [0.2, 0.25) is 0 Å². The summed E-state index contributed by atoms with van der Waals surface area (Å²) in [4.78, 5) is 9.79. The van der Waals surface area contributed by atoms with E-state index < -0.39 is 5.12 Å². The Labute approximate surface area is 44.5 Å². The second kappa shape index (κ2) is 3.20. The van der Waals surface area contributed by atoms with Gasteiger partial charge in [0, 0.05) is 11.8 Å². The highest BCUT2D eigenvalue weighted by Crippen LogP contribution is 1.93. The SMILES string of the molecule is N#CSC(=O)C#N. The predicted molar refractivity (Wildman–Crippen MR) is 23.8 cm³/mol. The third-order valence-corrected chi connectivity index (χ3v) is 0.598. The summed E-state index contributed by atoms with van der Waals surface area (Å²) >= 11 is 0.337. The van der Waals surface area contributed by atoms with Crippen molar-refractivity contribution in [3.8, 4) is 11.5 Å². The number of nitrogens with zero attached hydrogens (tertiary/aromatic N) is 2. The summed E-state index contributed by atoms with van der Waals surface area (Å²) in [5, 5.41) is 16.1. The topological polar surface area (TPSA) is 64.7 Å². The van der Waals surface area contributed by atoms with Gasteiger partial charge < -0.3 is 0 Å². The van der Waals surface area contributed by atoms with Gasteiger partial charge in [-0.2, -0.15) is 10.5 Å². The third-order valence-electron chi connectivity index (χ3n) is 0.230. The second-order valence-electron chi connectivity index (χ2n) is 0.593. The standard InChI is InChI=1S/C3N2OS/c4-1-3(6)7-2-5. The van der Waals surface area contributed by atoms with E-state index >= 15 is 0 Å². The molecule has 7 heavy (non-hydrogen) atoms. The zero-order chi connectivity index (χ0) is 5.70. The van der Waals surface area contributed by atoms with E-state index in [-0.39, 0.29) is 0 Å². The summed E-state index contributed by atoms with van der Waals surface area (Å²) in [5.74, 6) is 0. The van der Waals surface area contributed by atoms with Crippen molar-refractivity contribution in [2.75, 3.05) is 0 Å². The van der Waals surface area contributed by atoms with Gasteiger partial charge >= 0.3 is 5.12 Å². The van der Waals surface area contributed by atoms with Crippen LogP contribution in [0.5, 0.6) is 0 Å². The van der Waals surface area contributed by atoms with E-state index in [0.717, 1.165) is 0 Å². The predicted octanol–water partition coefficient (Wildman–Crippen LogP) is 0.251. The molecule has 0 rings (SSSR count). The number of thioether (sulfide) groups is 1. The maximum Gasteiger partial charge on any atom is 0.303 e. The van der Waals surface area contributed by atoms with Crippen molar-refractivity contribution in [2.45, 2.75) is 0 Å². The first-order valence-corrected chi connectivity index (χ1v) is 2.13. The fraction of sp³-hybridized carbons (Fsp3) is 0. The van der Waals surface area contributed by atoms with Crippen LogP contribution in [0.1, 0.15) is 0 Å². The average molecular weight is 112 g/mol. The van der Waals surface area contributed by atoms with Crippen LogP contribution in [0.15, 0.2) is 0 Å². The summed E-state index contributed by atoms with van der Waals surface area (Å²) in [6, 6.07) is 1.27. The number of nitriles is 2. The van der Waals surface area contributed by atoms with Gasteiger partial charge in [-0.05, 0) is 0 Å². The molecule has 0 N–H and O–H groups in total. The van der Waals surface area contributed by atoms with E-state index in [2.05, 4.69) is 0 Å². The van der Waals surface area contributed by atoms with Gasteiger partial charge in [0.15, 0.2) is 6.07 Å². The van der Waals surface area contributed by atoms with Crippen LogP contribution in [0.4, 0.5) is 0 Å². The molecule has 0 aliphatic rings. The van der Waals surface area contributed by atoms with Gasteiger partial charge in [0.05, 0.1) is 0 Å². The monoisotopic (exact) mass is 112 g/mol. The fourth-order valence-corrected chi connectivity index (χ4v) is 0.193. The first-order chi connectivity index (χ1) is 3.31. The van der Waals surface area contributed by atoms with Crippen LogP contribution >= 0.6 is 11.8 Å². The number of carbonyl (C=O) groups excluding carboxylic acids is 1. The van der Waals surface area contributed by atoms with Crippen molar-refractivity contribution in [1.82, 2.24) is 0 Å². The van der Waals surface area contributed by atoms with Gasteiger partial charge in [0.1, 0.15) is 5.40 Å². The summed E-state index contributed by atoms with van der Waals surface area (Å²) in [6.45, 7) is 0. The Kier molecular flexibility index (Phi) is 2.74. The maximum absolute atomic E-state index is 9.79. The van der Waals surface area contributed by atoms with Crippen LogP contribution < -0.4 is 0 Å². The average Bonchev–Trinajstić information content (AvgIpc) is 1.68. The molecule has 0 bridgehead atoms. The zero-order valence-electron chi connectivity index (χ0n) is 3.21. The molecule has 0 amide bonds. The highest BCUT2D eigenvalue weighted by atomic mass is 32.2. The molecule has 0 saturated carbocycles. The molecule has 0 spiro atoms. The van der Waals surface area contributed by atoms with Crippen LogP contribution in [0.25, 0.3) is 0 Å². The molecule has 0 aromatic carbocycles. The lowest BCUT2D eigenvalue weighted by molar-refractivity contribution is -0.106. The van der Waals surface area contributed by atoms with E-state index in [4.69, 9.17) is 10.5 Å². The highest BCUT2D eigenvalue weighted by Gasteiger charge is 1.93. The first-order valence-electron chi connectivity index (χ1n) is 1.31. The lowest BCUT2D eigenvalue weighted by Gasteiger charge is -1.65. The quantitative estimate of drug-likeness (QED) is 0.333. The Hall–Kier alpha value is -1.00. The minimum absolute atomic E-state index is 0.337. The van der Waals surface area contributed by atoms with Crippen molar-refractivity contribution in [1.29, 1.82) is 10.5 Å². The highest BCUT2D eigenvalue weighted by molar-refractivity contribution is 8.18. The number of rotatable bonds is 0. The van der Waals surface area contributed by atoms with Gasteiger partial charge in [-0.15, -0.1) is 0 Å². The Bertz CT molecular complexity index is 151. The third kappa shape index (κ3) is 2.81. The molecule has 0 atom stereocenters. The molecule has 3 nitrogen and oxygen atoms in total. The molecule has 0 aromatic rings. The Morgan fingerprint density at radius 3 is 2.29 bits per heavy atom. The van der Waals surface area contributed by atoms with Crippen LogP contribution in [0.2, 0.25) is 0 Å². The molecule has 0 fully saturated rings. The van der Waals surface area contributed by atoms with Crippen LogP contribution in [0.3, 0.4) is 0 Å². The minimum atomic E-state index is -0.762. The minimum Gasteiger partial charge on any atom is -0.269 e. The van der Waals surface area contributed by atoms with E-state index in [1.165, 1.54) is 11.5 Å². The van der Waals surface area contributed by atoms with Crippen LogP contribution in [-0.2, 0) is 4.79 Å². The molecule has 0 radical (unpaired) electrons. The molecular formula is C3N2OS. The Balaban J connectivity index is 3.50. The molecule has 0 aliphatic carbocycles. The first kappa shape index (κ1) is 6.00. The van der Waals surface area contributed by atoms with Gasteiger partial charge in [-0.3, -0.25) is 4.79 Å². The Morgan fingerprint density at radius 1 is 1.57 bits per heavy atom. The van der Waals surface area contributed by atoms with Crippen molar-refractivity contribution >= 4 is 16.9 Å². The lowest BCUT2D eigenvalue weighted by Crippen LogP contribution is -1.77. The summed E-state index contributed by atoms with van der Waals surface area (Å²) < 4.78 is 0. The van der Waals surface area contributed by atoms with Crippen LogP contribution in [-0.4, -0.2) is 5.12 Å². The smallest absolute Gasteiger partial charge is 0.269 e. The number of hydrogen-bond donors (Lipinski definition) is 0. The van der Waals surface area contributed by atoms with Crippen molar-refractivity contribution in [2.24, 2.45) is 0 Å². The summed E-state index contributed by atoms with van der Waals surface area (Å²) in [5.41, 5.74) is 0. The van der Waals surface area contributed by atoms with E-state index in [1.54, 1.807) is 0 Å². The zero-order valence-corrected chi connectivity index (χ0v) is 4.03. The van der Waals surface area contributed by atoms with Crippen molar-refractivity contribution < 1.29 is 4.79 Å². The van der Waals surface area contributed by atoms with Crippen LogP contribution in [0, 0.1) is 22.0 Å². The van der Waals surface area contributed by atoms with Gasteiger partial charge in [-0.1, -0.05) is 0 Å². The maximum atomic E-state index is 9.79. The number of thiocyanates is 1. The molecular weight excluding hydrogens is 112 g/mol. The Morgan fingerprint density at radius 2 is 2.14 bits per heavy atom. The number of carbonyl (C=O) groups is 1. The molecule has 4 heteroatoms. The lowest BCUT2D eigenvalue weighted by atomic mass is 10.9. The van der Waals surface area contributed by atoms with Gasteiger partial charge in [0.25, 0.3) is 0 Å². The molecule has 0 aliphatic heterocycles. The van der Waals surface area contributed by atoms with E-state index in [1.807, 2.05) is 0 Å². The molecule has 34 valence electrons. The molecule has 0 saturated heterocycles. The van der Waals surface area contributed by atoms with Gasteiger partial charge in [-0.25, -0.2) is 0 Å². The fourth-order valence-electron chi connectivity index (χ4n) is 0.0643. The normalized spacial score (nSPS) is 6.00. The number of hydrogen-bond acceptors (Lipinski definition) is 4. The second-order valence-corrected chi connectivity index (χ2v) is 1.35. The molecule has 0 unspecified atom stereocenters. The molecule has 0 heterocycles. The van der Waals surface area contributed by atoms with E-state index in [0.29, 0.717) is 11.8 Å².